The highest BCUT2D eigenvalue weighted by molar-refractivity contribution is 7.20. The van der Waals surface area contributed by atoms with E-state index in [0.717, 1.165) is 15.9 Å². The van der Waals surface area contributed by atoms with E-state index in [2.05, 4.69) is 15.4 Å². The number of aromatic nitrogens is 3. The van der Waals surface area contributed by atoms with Crippen molar-refractivity contribution in [2.75, 3.05) is 5.32 Å². The SMILES string of the molecule is CC(=O)c1csc(NC(=O)c2cc3c(C)nn(C)c3s2)n1. The number of nitrogens with zero attached hydrogens (tertiary/aromatic N) is 3. The summed E-state index contributed by atoms with van der Waals surface area (Å²) >= 11 is 2.62. The largest absolute Gasteiger partial charge is 0.297 e. The molecular formula is C13H12N4O2S2. The van der Waals surface area contributed by atoms with E-state index in [-0.39, 0.29) is 11.7 Å². The summed E-state index contributed by atoms with van der Waals surface area (Å²) in [7, 11) is 1.85. The van der Waals surface area contributed by atoms with Gasteiger partial charge in [0.25, 0.3) is 5.91 Å². The lowest BCUT2D eigenvalue weighted by Crippen LogP contribution is -2.10. The molecule has 0 aromatic carbocycles. The van der Waals surface area contributed by atoms with Crippen LogP contribution in [0.25, 0.3) is 10.2 Å². The number of ketones is 1. The highest BCUT2D eigenvalue weighted by Gasteiger charge is 2.16. The lowest BCUT2D eigenvalue weighted by Gasteiger charge is -1.97. The summed E-state index contributed by atoms with van der Waals surface area (Å²) in [5.74, 6) is -0.338. The van der Waals surface area contributed by atoms with Crippen molar-refractivity contribution in [3.63, 3.8) is 0 Å². The first kappa shape index (κ1) is 13.9. The predicted molar refractivity (Wildman–Crippen MR) is 83.4 cm³/mol. The molecule has 0 aliphatic rings. The number of fused-ring (bicyclic) bond motifs is 1. The van der Waals surface area contributed by atoms with Crippen molar-refractivity contribution in [2.24, 2.45) is 7.05 Å². The zero-order valence-corrected chi connectivity index (χ0v) is 13.3. The Kier molecular flexibility index (Phi) is 3.34. The van der Waals surface area contributed by atoms with Gasteiger partial charge in [0.15, 0.2) is 10.9 Å². The van der Waals surface area contributed by atoms with E-state index in [4.69, 9.17) is 0 Å². The Morgan fingerprint density at radius 3 is 2.76 bits per heavy atom. The summed E-state index contributed by atoms with van der Waals surface area (Å²) in [6.07, 6.45) is 0. The van der Waals surface area contributed by atoms with Crippen LogP contribution in [0.3, 0.4) is 0 Å². The van der Waals surface area contributed by atoms with Gasteiger partial charge in [0.2, 0.25) is 0 Å². The molecule has 0 radical (unpaired) electrons. The molecule has 3 aromatic rings. The number of amides is 1. The summed E-state index contributed by atoms with van der Waals surface area (Å²) in [5.41, 5.74) is 1.27. The van der Waals surface area contributed by atoms with Crippen LogP contribution in [0.1, 0.15) is 32.8 Å². The molecule has 3 heterocycles. The van der Waals surface area contributed by atoms with Crippen molar-refractivity contribution in [1.82, 2.24) is 14.8 Å². The van der Waals surface area contributed by atoms with Gasteiger partial charge in [-0.25, -0.2) is 4.98 Å². The lowest BCUT2D eigenvalue weighted by atomic mass is 10.3. The molecule has 0 spiro atoms. The Bertz CT molecular complexity index is 824. The van der Waals surface area contributed by atoms with Gasteiger partial charge in [-0.1, -0.05) is 0 Å². The van der Waals surface area contributed by atoms with Crippen molar-refractivity contribution in [1.29, 1.82) is 0 Å². The topological polar surface area (TPSA) is 76.9 Å². The number of carbonyl (C=O) groups excluding carboxylic acids is 2. The molecule has 0 fully saturated rings. The van der Waals surface area contributed by atoms with E-state index in [1.807, 2.05) is 20.0 Å². The maximum atomic E-state index is 12.2. The third-order valence-corrected chi connectivity index (χ3v) is 4.96. The van der Waals surface area contributed by atoms with E-state index in [1.54, 1.807) is 10.1 Å². The number of aryl methyl sites for hydroxylation is 2. The van der Waals surface area contributed by atoms with Gasteiger partial charge in [-0.2, -0.15) is 5.10 Å². The summed E-state index contributed by atoms with van der Waals surface area (Å²) in [6, 6.07) is 1.83. The van der Waals surface area contributed by atoms with E-state index < -0.39 is 0 Å². The quantitative estimate of drug-likeness (QED) is 0.753. The second kappa shape index (κ2) is 5.05. The van der Waals surface area contributed by atoms with Gasteiger partial charge in [0.05, 0.1) is 10.6 Å². The molecule has 1 amide bonds. The van der Waals surface area contributed by atoms with Gasteiger partial charge >= 0.3 is 0 Å². The predicted octanol–water partition coefficient (Wildman–Crippen LogP) is 2.85. The summed E-state index contributed by atoms with van der Waals surface area (Å²) in [6.45, 7) is 3.36. The average molecular weight is 320 g/mol. The Hall–Kier alpha value is -2.06. The zero-order valence-electron chi connectivity index (χ0n) is 11.6. The third kappa shape index (κ3) is 2.47. The van der Waals surface area contributed by atoms with Gasteiger partial charge in [0.1, 0.15) is 10.5 Å². The molecule has 0 saturated heterocycles. The van der Waals surface area contributed by atoms with Gasteiger partial charge in [-0.15, -0.1) is 22.7 Å². The molecule has 21 heavy (non-hydrogen) atoms. The minimum atomic E-state index is -0.222. The third-order valence-electron chi connectivity index (χ3n) is 3.01. The van der Waals surface area contributed by atoms with Crippen LogP contribution in [-0.4, -0.2) is 26.5 Å². The summed E-state index contributed by atoms with van der Waals surface area (Å²) in [5, 5.41) is 10.1. The van der Waals surface area contributed by atoms with E-state index in [0.29, 0.717) is 15.7 Å². The minimum absolute atomic E-state index is 0.115. The molecule has 108 valence electrons. The molecule has 0 saturated carbocycles. The highest BCUT2D eigenvalue weighted by atomic mass is 32.1. The summed E-state index contributed by atoms with van der Waals surface area (Å²) < 4.78 is 1.77. The van der Waals surface area contributed by atoms with Crippen molar-refractivity contribution in [3.05, 3.63) is 27.7 Å². The minimum Gasteiger partial charge on any atom is -0.297 e. The molecule has 3 aromatic heterocycles. The fourth-order valence-electron chi connectivity index (χ4n) is 1.97. The monoisotopic (exact) mass is 320 g/mol. The van der Waals surface area contributed by atoms with Crippen LogP contribution < -0.4 is 5.32 Å². The van der Waals surface area contributed by atoms with Gasteiger partial charge in [0, 0.05) is 24.7 Å². The van der Waals surface area contributed by atoms with E-state index >= 15 is 0 Å². The molecule has 3 rings (SSSR count). The summed E-state index contributed by atoms with van der Waals surface area (Å²) in [4.78, 5) is 29.1. The first-order valence-electron chi connectivity index (χ1n) is 6.16. The van der Waals surface area contributed by atoms with Crippen LogP contribution in [0, 0.1) is 6.92 Å². The average Bonchev–Trinajstić information content (AvgIpc) is 3.08. The van der Waals surface area contributed by atoms with Crippen LogP contribution in [0.4, 0.5) is 5.13 Å². The smallest absolute Gasteiger partial charge is 0.267 e. The number of hydrogen-bond donors (Lipinski definition) is 1. The number of thiophene rings is 1. The van der Waals surface area contributed by atoms with Crippen molar-refractivity contribution in [2.45, 2.75) is 13.8 Å². The number of nitrogens with one attached hydrogen (secondary N) is 1. The van der Waals surface area contributed by atoms with Crippen molar-refractivity contribution >= 4 is 49.7 Å². The number of hydrogen-bond acceptors (Lipinski definition) is 6. The normalized spacial score (nSPS) is 11.0. The Morgan fingerprint density at radius 2 is 2.14 bits per heavy atom. The molecule has 1 N–H and O–H groups in total. The van der Waals surface area contributed by atoms with Crippen LogP contribution in [0.2, 0.25) is 0 Å². The number of carbonyl (C=O) groups is 2. The van der Waals surface area contributed by atoms with Gasteiger partial charge in [-0.05, 0) is 13.0 Å². The van der Waals surface area contributed by atoms with E-state index in [1.165, 1.54) is 29.6 Å². The first-order valence-corrected chi connectivity index (χ1v) is 7.86. The maximum absolute atomic E-state index is 12.2. The highest BCUT2D eigenvalue weighted by Crippen LogP contribution is 2.28. The molecular weight excluding hydrogens is 308 g/mol. The molecule has 0 atom stereocenters. The van der Waals surface area contributed by atoms with Crippen LogP contribution >= 0.6 is 22.7 Å². The fourth-order valence-corrected chi connectivity index (χ4v) is 3.73. The molecule has 6 nitrogen and oxygen atoms in total. The molecule has 8 heteroatoms. The van der Waals surface area contributed by atoms with Crippen LogP contribution in [0.15, 0.2) is 11.4 Å². The molecule has 0 aliphatic carbocycles. The second-order valence-electron chi connectivity index (χ2n) is 4.59. The van der Waals surface area contributed by atoms with Crippen LogP contribution in [0.5, 0.6) is 0 Å². The fraction of sp³-hybridized carbons (Fsp3) is 0.231. The Morgan fingerprint density at radius 1 is 1.38 bits per heavy atom. The molecule has 0 unspecified atom stereocenters. The first-order chi connectivity index (χ1) is 9.95. The zero-order chi connectivity index (χ0) is 15.1. The number of rotatable bonds is 3. The second-order valence-corrected chi connectivity index (χ2v) is 6.48. The number of thiazole rings is 1. The molecule has 0 bridgehead atoms. The van der Waals surface area contributed by atoms with E-state index in [9.17, 15) is 9.59 Å². The number of Topliss-reactive ketones (excluding diaryl/α,β-unsaturated/α-hetero) is 1. The van der Waals surface area contributed by atoms with Crippen LogP contribution in [-0.2, 0) is 7.05 Å². The van der Waals surface area contributed by atoms with Gasteiger partial charge in [-0.3, -0.25) is 19.6 Å². The Labute approximate surface area is 128 Å². The lowest BCUT2D eigenvalue weighted by molar-refractivity contribution is 0.100. The molecule has 0 aliphatic heterocycles. The van der Waals surface area contributed by atoms with Crippen molar-refractivity contribution in [3.8, 4) is 0 Å². The maximum Gasteiger partial charge on any atom is 0.267 e. The number of anilines is 1. The van der Waals surface area contributed by atoms with Crippen molar-refractivity contribution < 1.29 is 9.59 Å². The Balaban J connectivity index is 1.86. The van der Waals surface area contributed by atoms with Gasteiger partial charge < -0.3 is 0 Å². The standard InChI is InChI=1S/C13H12N4O2S2/c1-6-8-4-10(21-12(8)17(3)16-6)11(19)15-13-14-9(5-20-13)7(2)18/h4-5H,1-3H3,(H,14,15,19).